The van der Waals surface area contributed by atoms with E-state index in [2.05, 4.69) is 22.5 Å². The highest BCUT2D eigenvalue weighted by molar-refractivity contribution is 9.10. The molecule has 0 amide bonds. The Balaban J connectivity index is 2.60. The van der Waals surface area contributed by atoms with Crippen molar-refractivity contribution >= 4 is 21.9 Å². The lowest BCUT2D eigenvalue weighted by atomic mass is 9.89. The molecule has 0 fully saturated rings. The molecule has 0 spiro atoms. The number of allylic oxidation sites excluding steroid dienone is 1. The first-order valence-corrected chi connectivity index (χ1v) is 8.12. The fraction of sp³-hybridized carbons (Fsp3) is 0.211. The van der Waals surface area contributed by atoms with Gasteiger partial charge in [-0.3, -0.25) is 0 Å². The van der Waals surface area contributed by atoms with Crippen LogP contribution in [0.15, 0.2) is 59.6 Å². The molecule has 0 aromatic heterocycles. The summed E-state index contributed by atoms with van der Waals surface area (Å²) >= 11 is 3.47. The number of carbonyl (C=O) groups excluding carboxylic acids is 1. The number of carbonyl (C=O) groups is 1. The monoisotopic (exact) mass is 390 g/mol. The highest BCUT2D eigenvalue weighted by atomic mass is 79.9. The van der Waals surface area contributed by atoms with Crippen molar-refractivity contribution in [3.05, 3.63) is 76.3 Å². The van der Waals surface area contributed by atoms with E-state index in [1.54, 1.807) is 19.2 Å². The van der Waals surface area contributed by atoms with Crippen molar-refractivity contribution in [3.8, 4) is 5.75 Å². The molecule has 2 aromatic carbocycles. The highest BCUT2D eigenvalue weighted by Crippen LogP contribution is 2.39. The summed E-state index contributed by atoms with van der Waals surface area (Å²) in [7, 11) is 2.91. The van der Waals surface area contributed by atoms with E-state index < -0.39 is 5.97 Å². The third-order valence-corrected chi connectivity index (χ3v) is 4.13. The maximum absolute atomic E-state index is 12.0. The molecule has 5 heteroatoms. The third kappa shape index (κ3) is 4.04. The Morgan fingerprint density at radius 2 is 1.96 bits per heavy atom. The zero-order valence-corrected chi connectivity index (χ0v) is 15.2. The Hall–Kier alpha value is -2.11. The van der Waals surface area contributed by atoms with Gasteiger partial charge in [0.2, 0.25) is 0 Å². The Bertz CT molecular complexity index is 713. The summed E-state index contributed by atoms with van der Waals surface area (Å²) in [6, 6.07) is 13.3. The molecule has 4 nitrogen and oxygen atoms in total. The van der Waals surface area contributed by atoms with E-state index in [9.17, 15) is 4.79 Å². The van der Waals surface area contributed by atoms with Crippen molar-refractivity contribution in [2.75, 3.05) is 21.0 Å². The molecule has 126 valence electrons. The number of rotatable bonds is 7. The van der Waals surface area contributed by atoms with Crippen molar-refractivity contribution < 1.29 is 19.0 Å². The normalized spacial score (nSPS) is 11.6. The number of methoxy groups -OCH3 is 2. The van der Waals surface area contributed by atoms with E-state index in [0.717, 1.165) is 11.1 Å². The number of halogens is 1. The lowest BCUT2D eigenvalue weighted by Gasteiger charge is -2.20. The summed E-state index contributed by atoms with van der Waals surface area (Å²) < 4.78 is 16.2. The average molecular weight is 391 g/mol. The van der Waals surface area contributed by atoms with Gasteiger partial charge in [-0.25, -0.2) is 4.79 Å². The first kappa shape index (κ1) is 18.2. The summed E-state index contributed by atoms with van der Waals surface area (Å²) in [4.78, 5) is 12.0. The second-order valence-electron chi connectivity index (χ2n) is 5.04. The van der Waals surface area contributed by atoms with Gasteiger partial charge in [0.05, 0.1) is 17.1 Å². The molecule has 0 aliphatic carbocycles. The van der Waals surface area contributed by atoms with Gasteiger partial charge in [-0.1, -0.05) is 36.4 Å². The van der Waals surface area contributed by atoms with Gasteiger partial charge >= 0.3 is 5.97 Å². The van der Waals surface area contributed by atoms with Crippen molar-refractivity contribution in [2.24, 2.45) is 0 Å². The van der Waals surface area contributed by atoms with E-state index >= 15 is 0 Å². The van der Waals surface area contributed by atoms with E-state index in [1.807, 2.05) is 36.4 Å². The van der Waals surface area contributed by atoms with Gasteiger partial charge in [0.1, 0.15) is 5.75 Å². The van der Waals surface area contributed by atoms with Gasteiger partial charge in [0, 0.05) is 18.6 Å². The van der Waals surface area contributed by atoms with Crippen LogP contribution in [0.4, 0.5) is 0 Å². The Labute approximate surface area is 150 Å². The van der Waals surface area contributed by atoms with E-state index in [4.69, 9.17) is 14.2 Å². The summed E-state index contributed by atoms with van der Waals surface area (Å²) in [5.74, 6) is 0.0586. The topological polar surface area (TPSA) is 44.8 Å². The Morgan fingerprint density at radius 1 is 1.25 bits per heavy atom. The van der Waals surface area contributed by atoms with Crippen LogP contribution in [0.1, 0.15) is 27.4 Å². The predicted octanol–water partition coefficient (Wildman–Crippen LogP) is 4.54. The molecular weight excluding hydrogens is 372 g/mol. The van der Waals surface area contributed by atoms with Crippen LogP contribution in [-0.2, 0) is 9.47 Å². The minimum atomic E-state index is -0.411. The highest BCUT2D eigenvalue weighted by Gasteiger charge is 2.21. The number of hydrogen-bond acceptors (Lipinski definition) is 4. The molecule has 0 heterocycles. The predicted molar refractivity (Wildman–Crippen MR) is 96.5 cm³/mol. The SMILES string of the molecule is C=CC(c1ccccc1)c1cc(C(=O)OC)cc(Br)c1OCOC. The molecule has 0 bridgehead atoms. The zero-order chi connectivity index (χ0) is 17.5. The van der Waals surface area contributed by atoms with Crippen LogP contribution in [0.3, 0.4) is 0 Å². The quantitative estimate of drug-likeness (QED) is 0.395. The zero-order valence-electron chi connectivity index (χ0n) is 13.6. The maximum atomic E-state index is 12.0. The molecule has 0 saturated carbocycles. The molecule has 24 heavy (non-hydrogen) atoms. The minimum absolute atomic E-state index is 0.0990. The van der Waals surface area contributed by atoms with Gasteiger partial charge in [0.25, 0.3) is 0 Å². The molecule has 1 unspecified atom stereocenters. The van der Waals surface area contributed by atoms with Crippen LogP contribution < -0.4 is 4.74 Å². The fourth-order valence-electron chi connectivity index (χ4n) is 2.45. The number of hydrogen-bond donors (Lipinski definition) is 0. The number of esters is 1. The van der Waals surface area contributed by atoms with Gasteiger partial charge in [0.15, 0.2) is 6.79 Å². The van der Waals surface area contributed by atoms with Crippen LogP contribution in [0.25, 0.3) is 0 Å². The summed E-state index contributed by atoms with van der Waals surface area (Å²) in [6.07, 6.45) is 1.82. The van der Waals surface area contributed by atoms with Gasteiger partial charge in [-0.15, -0.1) is 6.58 Å². The lowest BCUT2D eigenvalue weighted by molar-refractivity contribution is 0.0497. The van der Waals surface area contributed by atoms with Crippen LogP contribution in [0.5, 0.6) is 5.75 Å². The maximum Gasteiger partial charge on any atom is 0.337 e. The van der Waals surface area contributed by atoms with Crippen molar-refractivity contribution in [1.29, 1.82) is 0 Å². The molecule has 2 rings (SSSR count). The molecule has 1 atom stereocenters. The fourth-order valence-corrected chi connectivity index (χ4v) is 3.04. The smallest absolute Gasteiger partial charge is 0.337 e. The average Bonchev–Trinajstić information content (AvgIpc) is 2.61. The summed E-state index contributed by atoms with van der Waals surface area (Å²) in [5.41, 5.74) is 2.29. The van der Waals surface area contributed by atoms with Crippen molar-refractivity contribution in [1.82, 2.24) is 0 Å². The number of benzene rings is 2. The van der Waals surface area contributed by atoms with Crippen LogP contribution >= 0.6 is 15.9 Å². The largest absolute Gasteiger partial charge is 0.466 e. The third-order valence-electron chi connectivity index (χ3n) is 3.54. The standard InChI is InChI=1S/C19H19BrO4/c1-4-15(13-8-6-5-7-9-13)16-10-14(19(21)23-3)11-17(20)18(16)24-12-22-2/h4-11,15H,1,12H2,2-3H3. The molecule has 0 aliphatic rings. The summed E-state index contributed by atoms with van der Waals surface area (Å²) in [5, 5.41) is 0. The minimum Gasteiger partial charge on any atom is -0.466 e. The second-order valence-corrected chi connectivity index (χ2v) is 5.90. The van der Waals surface area contributed by atoms with Gasteiger partial charge < -0.3 is 14.2 Å². The van der Waals surface area contributed by atoms with Crippen molar-refractivity contribution in [2.45, 2.75) is 5.92 Å². The van der Waals surface area contributed by atoms with Crippen molar-refractivity contribution in [3.63, 3.8) is 0 Å². The van der Waals surface area contributed by atoms with Crippen LogP contribution in [-0.4, -0.2) is 27.0 Å². The second kappa shape index (κ2) is 8.66. The summed E-state index contributed by atoms with van der Waals surface area (Å²) in [6.45, 7) is 4.04. The Kier molecular flexibility index (Phi) is 6.58. The molecule has 0 saturated heterocycles. The first-order chi connectivity index (χ1) is 11.6. The first-order valence-electron chi connectivity index (χ1n) is 7.33. The van der Waals surface area contributed by atoms with E-state index in [0.29, 0.717) is 15.8 Å². The molecular formula is C19H19BrO4. The Morgan fingerprint density at radius 3 is 2.54 bits per heavy atom. The lowest BCUT2D eigenvalue weighted by Crippen LogP contribution is -2.09. The molecule has 0 N–H and O–H groups in total. The van der Waals surface area contributed by atoms with Crippen LogP contribution in [0.2, 0.25) is 0 Å². The van der Waals surface area contributed by atoms with Crippen LogP contribution in [0, 0.1) is 0 Å². The molecule has 0 radical (unpaired) electrons. The van der Waals surface area contributed by atoms with Gasteiger partial charge in [-0.2, -0.15) is 0 Å². The van der Waals surface area contributed by atoms with Gasteiger partial charge in [-0.05, 0) is 33.6 Å². The van der Waals surface area contributed by atoms with E-state index in [-0.39, 0.29) is 12.7 Å². The number of ether oxygens (including phenoxy) is 3. The van der Waals surface area contributed by atoms with E-state index in [1.165, 1.54) is 7.11 Å². The molecule has 2 aromatic rings. The molecule has 0 aliphatic heterocycles.